The number of hydrogen-bond donors (Lipinski definition) is 1. The van der Waals surface area contributed by atoms with Crippen molar-refractivity contribution in [1.82, 2.24) is 9.88 Å². The number of likely N-dealkylation sites (N-methyl/N-ethyl adjacent to an activating group) is 1. The lowest BCUT2D eigenvalue weighted by Gasteiger charge is -2.26. The van der Waals surface area contributed by atoms with Gasteiger partial charge in [0.1, 0.15) is 11.0 Å². The molecule has 4 nitrogen and oxygen atoms in total. The summed E-state index contributed by atoms with van der Waals surface area (Å²) >= 11 is 5.88. The van der Waals surface area contributed by atoms with E-state index in [4.69, 9.17) is 16.9 Å². The van der Waals surface area contributed by atoms with Crippen LogP contribution in [0.1, 0.15) is 19.4 Å². The predicted molar refractivity (Wildman–Crippen MR) is 74.8 cm³/mol. The average molecular weight is 267 g/mol. The molecule has 0 aromatic carbocycles. The fourth-order valence-electron chi connectivity index (χ4n) is 1.64. The maximum Gasteiger partial charge on any atom is 0.132 e. The number of aromatic nitrogens is 1. The van der Waals surface area contributed by atoms with E-state index < -0.39 is 0 Å². The molecule has 0 aliphatic heterocycles. The third-order valence-corrected chi connectivity index (χ3v) is 2.82. The summed E-state index contributed by atoms with van der Waals surface area (Å²) in [5, 5.41) is 12.6. The topological polar surface area (TPSA) is 52.0 Å². The number of nitrogens with zero attached hydrogens (tertiary/aromatic N) is 3. The Kier molecular flexibility index (Phi) is 5.39. The van der Waals surface area contributed by atoms with Gasteiger partial charge in [-0.3, -0.25) is 0 Å². The molecule has 1 unspecified atom stereocenters. The van der Waals surface area contributed by atoms with E-state index in [1.54, 1.807) is 12.1 Å². The molecule has 5 heteroatoms. The monoisotopic (exact) mass is 266 g/mol. The molecule has 18 heavy (non-hydrogen) atoms. The van der Waals surface area contributed by atoms with Gasteiger partial charge in [-0.2, -0.15) is 5.26 Å². The molecular formula is C13H19ClN4. The van der Waals surface area contributed by atoms with Gasteiger partial charge in [-0.15, -0.1) is 0 Å². The second-order valence-corrected chi connectivity index (χ2v) is 5.32. The van der Waals surface area contributed by atoms with E-state index >= 15 is 0 Å². The van der Waals surface area contributed by atoms with Crippen LogP contribution in [0.4, 0.5) is 5.82 Å². The number of anilines is 1. The van der Waals surface area contributed by atoms with E-state index in [0.29, 0.717) is 22.5 Å². The Morgan fingerprint density at radius 2 is 2.11 bits per heavy atom. The first-order valence-corrected chi connectivity index (χ1v) is 6.29. The van der Waals surface area contributed by atoms with Crippen LogP contribution in [0.2, 0.25) is 5.15 Å². The average Bonchev–Trinajstić information content (AvgIpc) is 2.26. The smallest absolute Gasteiger partial charge is 0.132 e. The Hall–Kier alpha value is -1.31. The molecule has 0 fully saturated rings. The highest BCUT2D eigenvalue weighted by molar-refractivity contribution is 6.29. The SMILES string of the molecule is CC(C)C(CN(C)C)Nc1cc(C#N)cc(Cl)n1. The minimum atomic E-state index is 0.262. The van der Waals surface area contributed by atoms with Crippen LogP contribution in [0.3, 0.4) is 0 Å². The molecule has 0 saturated heterocycles. The molecule has 1 rings (SSSR count). The summed E-state index contributed by atoms with van der Waals surface area (Å²) in [7, 11) is 4.06. The maximum atomic E-state index is 8.90. The lowest BCUT2D eigenvalue weighted by molar-refractivity contribution is 0.344. The van der Waals surface area contributed by atoms with Crippen molar-refractivity contribution >= 4 is 17.4 Å². The number of nitrogens with one attached hydrogen (secondary N) is 1. The highest BCUT2D eigenvalue weighted by Crippen LogP contribution is 2.16. The molecule has 0 saturated carbocycles. The fraction of sp³-hybridized carbons (Fsp3) is 0.538. The summed E-state index contributed by atoms with van der Waals surface area (Å²) in [6, 6.07) is 5.62. The second kappa shape index (κ2) is 6.58. The van der Waals surface area contributed by atoms with Gasteiger partial charge in [0.2, 0.25) is 0 Å². The van der Waals surface area contributed by atoms with Gasteiger partial charge in [0.05, 0.1) is 11.6 Å². The van der Waals surface area contributed by atoms with Crippen LogP contribution < -0.4 is 5.32 Å². The molecule has 1 atom stereocenters. The van der Waals surface area contributed by atoms with E-state index in [2.05, 4.69) is 35.1 Å². The van der Waals surface area contributed by atoms with Crippen molar-refractivity contribution in [3.8, 4) is 6.07 Å². The zero-order chi connectivity index (χ0) is 13.7. The van der Waals surface area contributed by atoms with Crippen molar-refractivity contribution in [3.63, 3.8) is 0 Å². The van der Waals surface area contributed by atoms with E-state index in [1.807, 2.05) is 14.1 Å². The van der Waals surface area contributed by atoms with Crippen LogP contribution in [0.25, 0.3) is 0 Å². The number of rotatable bonds is 5. The molecule has 0 radical (unpaired) electrons. The van der Waals surface area contributed by atoms with Gasteiger partial charge in [0, 0.05) is 12.6 Å². The van der Waals surface area contributed by atoms with Gasteiger partial charge >= 0.3 is 0 Å². The van der Waals surface area contributed by atoms with Crippen molar-refractivity contribution < 1.29 is 0 Å². The molecule has 1 N–H and O–H groups in total. The van der Waals surface area contributed by atoms with Gasteiger partial charge in [0.25, 0.3) is 0 Å². The van der Waals surface area contributed by atoms with E-state index in [-0.39, 0.29) is 6.04 Å². The minimum Gasteiger partial charge on any atom is -0.366 e. The quantitative estimate of drug-likeness (QED) is 0.833. The van der Waals surface area contributed by atoms with Crippen LogP contribution in [-0.2, 0) is 0 Å². The Morgan fingerprint density at radius 3 is 2.61 bits per heavy atom. The standard InChI is InChI=1S/C13H19ClN4/c1-9(2)11(8-18(3)4)16-13-6-10(7-15)5-12(14)17-13/h5-6,9,11H,8H2,1-4H3,(H,16,17). The molecule has 0 spiro atoms. The van der Waals surface area contributed by atoms with Crippen molar-refractivity contribution in [2.75, 3.05) is 26.0 Å². The van der Waals surface area contributed by atoms with Crippen molar-refractivity contribution in [2.24, 2.45) is 5.92 Å². The van der Waals surface area contributed by atoms with Crippen LogP contribution in [0, 0.1) is 17.2 Å². The summed E-state index contributed by atoms with van der Waals surface area (Å²) in [4.78, 5) is 6.31. The summed E-state index contributed by atoms with van der Waals surface area (Å²) in [6.07, 6.45) is 0. The molecule has 1 aromatic heterocycles. The van der Waals surface area contributed by atoms with Crippen molar-refractivity contribution in [1.29, 1.82) is 5.26 Å². The van der Waals surface area contributed by atoms with Gasteiger partial charge in [0.15, 0.2) is 0 Å². The molecule has 0 aliphatic carbocycles. The van der Waals surface area contributed by atoms with Gasteiger partial charge in [-0.1, -0.05) is 25.4 Å². The molecular weight excluding hydrogens is 248 g/mol. The summed E-state index contributed by atoms with van der Waals surface area (Å²) in [5.74, 6) is 1.11. The Balaban J connectivity index is 2.87. The summed E-state index contributed by atoms with van der Waals surface area (Å²) in [5.41, 5.74) is 0.518. The molecule has 98 valence electrons. The van der Waals surface area contributed by atoms with Gasteiger partial charge in [-0.25, -0.2) is 4.98 Å². The van der Waals surface area contributed by atoms with E-state index in [0.717, 1.165) is 6.54 Å². The zero-order valence-corrected chi connectivity index (χ0v) is 12.0. The highest BCUT2D eigenvalue weighted by atomic mass is 35.5. The van der Waals surface area contributed by atoms with Crippen LogP contribution in [0.15, 0.2) is 12.1 Å². The predicted octanol–water partition coefficient (Wildman–Crippen LogP) is 2.60. The number of nitriles is 1. The number of pyridine rings is 1. The van der Waals surface area contributed by atoms with Crippen LogP contribution in [0.5, 0.6) is 0 Å². The zero-order valence-electron chi connectivity index (χ0n) is 11.2. The van der Waals surface area contributed by atoms with Gasteiger partial charge < -0.3 is 10.2 Å². The first kappa shape index (κ1) is 14.7. The number of halogens is 1. The van der Waals surface area contributed by atoms with Crippen LogP contribution >= 0.6 is 11.6 Å². The maximum absolute atomic E-state index is 8.90. The van der Waals surface area contributed by atoms with Crippen molar-refractivity contribution in [2.45, 2.75) is 19.9 Å². The third-order valence-electron chi connectivity index (χ3n) is 2.62. The lowest BCUT2D eigenvalue weighted by Crippen LogP contribution is -2.36. The third kappa shape index (κ3) is 4.52. The normalized spacial score (nSPS) is 12.6. The first-order chi connectivity index (χ1) is 8.42. The van der Waals surface area contributed by atoms with E-state index in [1.165, 1.54) is 0 Å². The lowest BCUT2D eigenvalue weighted by atomic mass is 10.0. The molecule has 0 aliphatic rings. The van der Waals surface area contributed by atoms with Gasteiger partial charge in [-0.05, 0) is 32.1 Å². The Labute approximate surface area is 114 Å². The first-order valence-electron chi connectivity index (χ1n) is 5.91. The number of hydrogen-bond acceptors (Lipinski definition) is 4. The largest absolute Gasteiger partial charge is 0.366 e. The molecule has 1 aromatic rings. The Bertz CT molecular complexity index is 437. The molecule has 1 heterocycles. The minimum absolute atomic E-state index is 0.262. The highest BCUT2D eigenvalue weighted by Gasteiger charge is 2.15. The van der Waals surface area contributed by atoms with Crippen LogP contribution in [-0.4, -0.2) is 36.6 Å². The summed E-state index contributed by atoms with van der Waals surface area (Å²) < 4.78 is 0. The second-order valence-electron chi connectivity index (χ2n) is 4.93. The molecule has 0 bridgehead atoms. The van der Waals surface area contributed by atoms with E-state index in [9.17, 15) is 0 Å². The Morgan fingerprint density at radius 1 is 1.44 bits per heavy atom. The van der Waals surface area contributed by atoms with Crippen molar-refractivity contribution in [3.05, 3.63) is 22.8 Å². The molecule has 0 amide bonds. The fourth-order valence-corrected chi connectivity index (χ4v) is 1.85. The summed E-state index contributed by atoms with van der Waals surface area (Å²) in [6.45, 7) is 5.20.